The number of pyridine rings is 1. The van der Waals surface area contributed by atoms with E-state index in [0.717, 1.165) is 49.2 Å². The number of carbonyl (C=O) groups is 1. The van der Waals surface area contributed by atoms with Gasteiger partial charge >= 0.3 is 0 Å². The lowest BCUT2D eigenvalue weighted by Crippen LogP contribution is -2.41. The highest BCUT2D eigenvalue weighted by Crippen LogP contribution is 2.28. The molecule has 31 heavy (non-hydrogen) atoms. The average Bonchev–Trinajstić information content (AvgIpc) is 3.30. The van der Waals surface area contributed by atoms with Crippen LogP contribution in [0.25, 0.3) is 5.82 Å². The normalized spacial score (nSPS) is 24.0. The molecule has 1 saturated carbocycles. The third-order valence-electron chi connectivity index (χ3n) is 6.60. The summed E-state index contributed by atoms with van der Waals surface area (Å²) in [5.41, 5.74) is 1.65. The van der Waals surface area contributed by atoms with Gasteiger partial charge in [0.1, 0.15) is 12.1 Å². The second kappa shape index (κ2) is 10.3. The fraction of sp³-hybridized carbons (Fsp3) is 0.600. The molecule has 0 N–H and O–H groups in total. The van der Waals surface area contributed by atoms with E-state index in [-0.39, 0.29) is 5.91 Å². The number of carbonyl (C=O) groups excluding carboxylic acids is 1. The minimum Gasteiger partial charge on any atom is -0.302 e. The smallest absolute Gasteiger partial charge is 0.278 e. The summed E-state index contributed by atoms with van der Waals surface area (Å²) in [6.07, 6.45) is 15.3. The molecule has 1 aliphatic carbocycles. The van der Waals surface area contributed by atoms with Gasteiger partial charge in [0.15, 0.2) is 0 Å². The van der Waals surface area contributed by atoms with Gasteiger partial charge in [-0.15, -0.1) is 0 Å². The maximum Gasteiger partial charge on any atom is 0.278 e. The van der Waals surface area contributed by atoms with E-state index in [0.29, 0.717) is 11.5 Å². The molecule has 6 nitrogen and oxygen atoms in total. The van der Waals surface area contributed by atoms with Crippen LogP contribution in [0.5, 0.6) is 0 Å². The van der Waals surface area contributed by atoms with Gasteiger partial charge in [0.25, 0.3) is 5.91 Å². The van der Waals surface area contributed by atoms with Gasteiger partial charge in [0.2, 0.25) is 0 Å². The summed E-state index contributed by atoms with van der Waals surface area (Å²) >= 11 is 0. The molecular weight excluding hydrogens is 386 g/mol. The fourth-order valence-corrected chi connectivity index (χ4v) is 5.15. The molecule has 0 aromatic carbocycles. The highest BCUT2D eigenvalue weighted by molar-refractivity contribution is 6.04. The Morgan fingerprint density at radius 1 is 1.23 bits per heavy atom. The van der Waals surface area contributed by atoms with Crippen LogP contribution in [0, 0.1) is 17.8 Å². The van der Waals surface area contributed by atoms with Crippen molar-refractivity contribution in [3.05, 3.63) is 42.6 Å². The number of likely N-dealkylation sites (tertiary alicyclic amines) is 1. The van der Waals surface area contributed by atoms with Crippen molar-refractivity contribution in [2.45, 2.75) is 58.8 Å². The van der Waals surface area contributed by atoms with Crippen LogP contribution in [0.15, 0.2) is 42.0 Å². The molecule has 0 bridgehead atoms. The lowest BCUT2D eigenvalue weighted by Gasteiger charge is -2.37. The van der Waals surface area contributed by atoms with Gasteiger partial charge in [0.05, 0.1) is 5.56 Å². The van der Waals surface area contributed by atoms with E-state index in [1.165, 1.54) is 38.8 Å². The van der Waals surface area contributed by atoms with Crippen LogP contribution in [0.4, 0.5) is 0 Å². The summed E-state index contributed by atoms with van der Waals surface area (Å²) in [5.74, 6) is 2.58. The number of aromatic nitrogens is 3. The first-order chi connectivity index (χ1) is 15.1. The lowest BCUT2D eigenvalue weighted by molar-refractivity contribution is 0.1000. The van der Waals surface area contributed by atoms with Gasteiger partial charge in [-0.25, -0.2) is 15.0 Å². The largest absolute Gasteiger partial charge is 0.302 e. The van der Waals surface area contributed by atoms with Crippen LogP contribution in [-0.4, -0.2) is 50.7 Å². The first-order valence-electron chi connectivity index (χ1n) is 11.9. The van der Waals surface area contributed by atoms with Crippen LogP contribution < -0.4 is 0 Å². The van der Waals surface area contributed by atoms with E-state index in [9.17, 15) is 4.79 Å². The number of rotatable bonds is 6. The second-order valence-corrected chi connectivity index (χ2v) is 9.62. The van der Waals surface area contributed by atoms with Crippen molar-refractivity contribution in [1.82, 2.24) is 19.4 Å². The third-order valence-corrected chi connectivity index (χ3v) is 6.60. The Kier molecular flexibility index (Phi) is 7.28. The quantitative estimate of drug-likeness (QED) is 0.672. The Labute approximate surface area is 185 Å². The van der Waals surface area contributed by atoms with Crippen molar-refractivity contribution in [1.29, 1.82) is 0 Å². The molecular formula is C25H35N5O. The lowest BCUT2D eigenvalue weighted by atomic mass is 9.85. The van der Waals surface area contributed by atoms with Crippen molar-refractivity contribution < 1.29 is 4.79 Å². The minimum absolute atomic E-state index is 0.164. The summed E-state index contributed by atoms with van der Waals surface area (Å²) < 4.78 is 1.82. The zero-order chi connectivity index (χ0) is 21.6. The van der Waals surface area contributed by atoms with Crippen LogP contribution in [-0.2, 0) is 0 Å². The predicted molar refractivity (Wildman–Crippen MR) is 124 cm³/mol. The molecule has 2 aromatic heterocycles. The molecule has 1 aliphatic heterocycles. The topological polar surface area (TPSA) is 63.4 Å². The number of nitrogens with zero attached hydrogens (tertiary/aromatic N) is 5. The molecule has 1 amide bonds. The summed E-state index contributed by atoms with van der Waals surface area (Å²) in [6.45, 7) is 8.10. The number of aliphatic imine (C=N–C) groups is 1. The fourth-order valence-electron chi connectivity index (χ4n) is 5.15. The molecule has 0 radical (unpaired) electrons. The van der Waals surface area contributed by atoms with Crippen LogP contribution >= 0.6 is 0 Å². The summed E-state index contributed by atoms with van der Waals surface area (Å²) in [6, 6.07) is 3.66. The monoisotopic (exact) mass is 421 g/mol. The highest BCUT2D eigenvalue weighted by atomic mass is 16.1. The van der Waals surface area contributed by atoms with Crippen molar-refractivity contribution in [3.63, 3.8) is 0 Å². The van der Waals surface area contributed by atoms with E-state index in [2.05, 4.69) is 33.7 Å². The molecule has 2 aromatic rings. The maximum absolute atomic E-state index is 12.9. The standard InChI is InChI=1S/C25H35N5O/c1-19(2)14-20-6-5-12-29(16-20)17-22-7-3-4-8-23(22)28-25(31)21-9-10-24(27-15-21)30-13-11-26-18-30/h9-11,13,15,18-20,22H,3-8,12,14,16-17H2,1-2H3/t20?,22-/m0/s1. The van der Waals surface area contributed by atoms with Gasteiger partial charge in [0, 0.05) is 43.3 Å². The van der Waals surface area contributed by atoms with Crippen molar-refractivity contribution in [2.24, 2.45) is 22.7 Å². The molecule has 166 valence electrons. The van der Waals surface area contributed by atoms with Gasteiger partial charge in [-0.2, -0.15) is 0 Å². The first kappa shape index (κ1) is 21.9. The molecule has 2 aliphatic rings. The number of hydrogen-bond acceptors (Lipinski definition) is 4. The molecule has 2 fully saturated rings. The molecule has 0 spiro atoms. The Morgan fingerprint density at radius 2 is 2.13 bits per heavy atom. The predicted octanol–water partition coefficient (Wildman–Crippen LogP) is 4.80. The maximum atomic E-state index is 12.9. The SMILES string of the molecule is CC(C)CC1CCCN(C[C@@H]2CCCCC2=NC(=O)c2ccc(-n3ccnc3)nc2)C1. The first-order valence-corrected chi connectivity index (χ1v) is 11.9. The second-order valence-electron chi connectivity index (χ2n) is 9.62. The number of hydrogen-bond donors (Lipinski definition) is 0. The van der Waals surface area contributed by atoms with E-state index < -0.39 is 0 Å². The van der Waals surface area contributed by atoms with Crippen molar-refractivity contribution in [3.8, 4) is 5.82 Å². The molecule has 1 unspecified atom stereocenters. The Bertz CT molecular complexity index is 872. The van der Waals surface area contributed by atoms with Crippen molar-refractivity contribution in [2.75, 3.05) is 19.6 Å². The van der Waals surface area contributed by atoms with Gasteiger partial charge < -0.3 is 4.90 Å². The third kappa shape index (κ3) is 5.88. The van der Waals surface area contributed by atoms with E-state index in [1.54, 1.807) is 18.7 Å². The van der Waals surface area contributed by atoms with Gasteiger partial charge in [-0.1, -0.05) is 20.3 Å². The minimum atomic E-state index is -0.164. The molecule has 2 atom stereocenters. The number of piperidine rings is 1. The van der Waals surface area contributed by atoms with Gasteiger partial charge in [-0.3, -0.25) is 9.36 Å². The molecule has 1 saturated heterocycles. The summed E-state index contributed by atoms with van der Waals surface area (Å²) in [5, 5.41) is 0. The zero-order valence-electron chi connectivity index (χ0n) is 18.9. The van der Waals surface area contributed by atoms with E-state index in [4.69, 9.17) is 0 Å². The number of imidazole rings is 1. The zero-order valence-corrected chi connectivity index (χ0v) is 18.9. The Balaban J connectivity index is 1.41. The number of amides is 1. The molecule has 4 rings (SSSR count). The molecule has 6 heteroatoms. The Morgan fingerprint density at radius 3 is 2.87 bits per heavy atom. The molecule has 3 heterocycles. The van der Waals surface area contributed by atoms with Crippen molar-refractivity contribution >= 4 is 11.6 Å². The summed E-state index contributed by atoms with van der Waals surface area (Å²) in [7, 11) is 0. The van der Waals surface area contributed by atoms with E-state index >= 15 is 0 Å². The Hall–Kier alpha value is -2.34. The van der Waals surface area contributed by atoms with Crippen LogP contribution in [0.1, 0.15) is 69.2 Å². The van der Waals surface area contributed by atoms with Crippen LogP contribution in [0.3, 0.4) is 0 Å². The highest BCUT2D eigenvalue weighted by Gasteiger charge is 2.27. The summed E-state index contributed by atoms with van der Waals surface area (Å²) in [4.78, 5) is 28.5. The van der Waals surface area contributed by atoms with Crippen LogP contribution in [0.2, 0.25) is 0 Å². The van der Waals surface area contributed by atoms with E-state index in [1.807, 2.05) is 22.9 Å². The average molecular weight is 422 g/mol. The van der Waals surface area contributed by atoms with Gasteiger partial charge in [-0.05, 0) is 69.0 Å².